The van der Waals surface area contributed by atoms with Gasteiger partial charge in [-0.15, -0.1) is 5.10 Å². The van der Waals surface area contributed by atoms with Gasteiger partial charge in [0.15, 0.2) is 5.95 Å². The Bertz CT molecular complexity index is 769. The van der Waals surface area contributed by atoms with Crippen LogP contribution in [0.5, 0.6) is 0 Å². The molecule has 2 aromatic rings. The first kappa shape index (κ1) is 28.1. The molecule has 0 aliphatic rings. The fourth-order valence-electron chi connectivity index (χ4n) is 4.41. The Morgan fingerprint density at radius 3 is 2.15 bits per heavy atom. The van der Waals surface area contributed by atoms with E-state index in [1.54, 1.807) is 0 Å². The van der Waals surface area contributed by atoms with E-state index < -0.39 is 0 Å². The Morgan fingerprint density at radius 2 is 1.47 bits per heavy atom. The van der Waals surface area contributed by atoms with Gasteiger partial charge in [0.05, 0.1) is 11.9 Å². The minimum absolute atomic E-state index is 0.398. The highest BCUT2D eigenvalue weighted by atomic mass is 16.1. The number of hydrogen-bond donors (Lipinski definition) is 2. The standard InChI is InChI=1S/C27H48N6O/c1-2-3-4-5-6-7-8-9-10-11-15-19-26(34)20-16-21-33-23-25(31-32-33)18-14-12-13-17-24-22-29-27(28)30-24/h22-23H,2-21H2,1H3,(H3,28,29,30). The normalized spacial score (nSPS) is 11.3. The van der Waals surface area contributed by atoms with E-state index in [-0.39, 0.29) is 0 Å². The minimum Gasteiger partial charge on any atom is -0.369 e. The topological polar surface area (TPSA) is 102 Å². The van der Waals surface area contributed by atoms with Crippen LogP contribution in [0.25, 0.3) is 0 Å². The molecule has 0 saturated heterocycles. The van der Waals surface area contributed by atoms with Crippen molar-refractivity contribution in [1.29, 1.82) is 0 Å². The van der Waals surface area contributed by atoms with Crippen LogP contribution in [0.4, 0.5) is 5.95 Å². The predicted octanol–water partition coefficient (Wildman–Crippen LogP) is 6.59. The lowest BCUT2D eigenvalue weighted by Gasteiger charge is -2.03. The highest BCUT2D eigenvalue weighted by Gasteiger charge is 2.05. The number of nitrogens with zero attached hydrogens (tertiary/aromatic N) is 4. The fraction of sp³-hybridized carbons (Fsp3) is 0.778. The molecule has 0 radical (unpaired) electrons. The van der Waals surface area contributed by atoms with Crippen molar-refractivity contribution < 1.29 is 4.79 Å². The second-order valence-corrected chi connectivity index (χ2v) is 9.76. The summed E-state index contributed by atoms with van der Waals surface area (Å²) < 4.78 is 1.89. The van der Waals surface area contributed by atoms with Crippen LogP contribution >= 0.6 is 0 Å². The average molecular weight is 473 g/mol. The van der Waals surface area contributed by atoms with Gasteiger partial charge < -0.3 is 10.7 Å². The fourth-order valence-corrected chi connectivity index (χ4v) is 4.41. The summed E-state index contributed by atoms with van der Waals surface area (Å²) in [4.78, 5) is 19.2. The Labute approximate surface area is 206 Å². The molecule has 0 bridgehead atoms. The number of aromatic amines is 1. The molecule has 2 heterocycles. The first-order chi connectivity index (χ1) is 16.7. The molecule has 0 aliphatic carbocycles. The van der Waals surface area contributed by atoms with Crippen LogP contribution in [-0.4, -0.2) is 30.7 Å². The van der Waals surface area contributed by atoms with E-state index in [9.17, 15) is 4.79 Å². The Balaban J connectivity index is 1.39. The molecule has 3 N–H and O–H groups in total. The zero-order valence-corrected chi connectivity index (χ0v) is 21.6. The maximum absolute atomic E-state index is 12.1. The molecule has 0 saturated carbocycles. The number of unbranched alkanes of at least 4 members (excludes halogenated alkanes) is 12. The molecule has 2 rings (SSSR count). The number of aryl methyl sites for hydroxylation is 3. The molecule has 0 unspecified atom stereocenters. The second kappa shape index (κ2) is 18.2. The van der Waals surface area contributed by atoms with Crippen LogP contribution in [0.2, 0.25) is 0 Å². The molecule has 0 atom stereocenters. The molecule has 7 nitrogen and oxygen atoms in total. The molecule has 0 spiro atoms. The number of H-pyrrole nitrogens is 1. The van der Waals surface area contributed by atoms with Crippen molar-refractivity contribution in [3.63, 3.8) is 0 Å². The van der Waals surface area contributed by atoms with Crippen molar-refractivity contribution in [2.45, 2.75) is 135 Å². The van der Waals surface area contributed by atoms with E-state index in [0.717, 1.165) is 69.3 Å². The molecule has 0 aliphatic heterocycles. The lowest BCUT2D eigenvalue weighted by Crippen LogP contribution is -2.03. The first-order valence-corrected chi connectivity index (χ1v) is 13.9. The lowest BCUT2D eigenvalue weighted by molar-refractivity contribution is -0.119. The zero-order chi connectivity index (χ0) is 24.3. The van der Waals surface area contributed by atoms with E-state index in [1.165, 1.54) is 64.2 Å². The highest BCUT2D eigenvalue weighted by molar-refractivity contribution is 5.78. The summed E-state index contributed by atoms with van der Waals surface area (Å²) in [6.45, 7) is 3.04. The summed E-state index contributed by atoms with van der Waals surface area (Å²) in [5.74, 6) is 0.887. The van der Waals surface area contributed by atoms with Crippen molar-refractivity contribution in [3.05, 3.63) is 23.8 Å². The Morgan fingerprint density at radius 1 is 0.853 bits per heavy atom. The molecule has 192 valence electrons. The van der Waals surface area contributed by atoms with Gasteiger partial charge in [-0.3, -0.25) is 9.48 Å². The van der Waals surface area contributed by atoms with Crippen LogP contribution in [-0.2, 0) is 24.2 Å². The molecule has 2 aromatic heterocycles. The quantitative estimate of drug-likeness (QED) is 0.188. The smallest absolute Gasteiger partial charge is 0.197 e. The van der Waals surface area contributed by atoms with Crippen LogP contribution in [0.15, 0.2) is 12.4 Å². The SMILES string of the molecule is CCCCCCCCCCCCCC(=O)CCCn1cc(CCCCCc2cnc(N)[nH]2)nn1. The van der Waals surface area contributed by atoms with Crippen molar-refractivity contribution in [2.24, 2.45) is 0 Å². The molecular weight excluding hydrogens is 424 g/mol. The van der Waals surface area contributed by atoms with Crippen molar-refractivity contribution in [2.75, 3.05) is 5.73 Å². The number of ketones is 1. The van der Waals surface area contributed by atoms with Gasteiger partial charge in [0.25, 0.3) is 0 Å². The summed E-state index contributed by atoms with van der Waals surface area (Å²) >= 11 is 0. The molecule has 34 heavy (non-hydrogen) atoms. The summed E-state index contributed by atoms with van der Waals surface area (Å²) in [6, 6.07) is 0. The monoisotopic (exact) mass is 472 g/mol. The van der Waals surface area contributed by atoms with Gasteiger partial charge in [-0.05, 0) is 38.5 Å². The number of imidazole rings is 1. The molecule has 0 aromatic carbocycles. The van der Waals surface area contributed by atoms with E-state index >= 15 is 0 Å². The van der Waals surface area contributed by atoms with Crippen LogP contribution in [0.3, 0.4) is 0 Å². The first-order valence-electron chi connectivity index (χ1n) is 13.9. The lowest BCUT2D eigenvalue weighted by atomic mass is 10.0. The van der Waals surface area contributed by atoms with E-state index in [1.807, 2.05) is 17.1 Å². The summed E-state index contributed by atoms with van der Waals surface area (Å²) in [5, 5.41) is 8.50. The van der Waals surface area contributed by atoms with Crippen LogP contribution < -0.4 is 5.73 Å². The molecular formula is C27H48N6O. The number of carbonyl (C=O) groups excluding carboxylic acids is 1. The van der Waals surface area contributed by atoms with E-state index in [4.69, 9.17) is 5.73 Å². The van der Waals surface area contributed by atoms with Gasteiger partial charge in [-0.2, -0.15) is 0 Å². The van der Waals surface area contributed by atoms with Gasteiger partial charge in [0, 0.05) is 31.3 Å². The summed E-state index contributed by atoms with van der Waals surface area (Å²) in [7, 11) is 0. The third-order valence-corrected chi connectivity index (χ3v) is 6.52. The summed E-state index contributed by atoms with van der Waals surface area (Å²) in [6.07, 6.45) is 25.9. The molecule has 0 amide bonds. The number of Topliss-reactive ketones (excluding diaryl/α,β-unsaturated/α-hetero) is 1. The number of anilines is 1. The van der Waals surface area contributed by atoms with Crippen molar-refractivity contribution >= 4 is 11.7 Å². The van der Waals surface area contributed by atoms with Crippen molar-refractivity contribution in [1.82, 2.24) is 25.0 Å². The zero-order valence-electron chi connectivity index (χ0n) is 21.6. The van der Waals surface area contributed by atoms with Gasteiger partial charge in [0.2, 0.25) is 0 Å². The maximum Gasteiger partial charge on any atom is 0.197 e. The maximum atomic E-state index is 12.1. The minimum atomic E-state index is 0.398. The van der Waals surface area contributed by atoms with Gasteiger partial charge in [-0.1, -0.05) is 82.8 Å². The van der Waals surface area contributed by atoms with Crippen molar-refractivity contribution in [3.8, 4) is 0 Å². The van der Waals surface area contributed by atoms with Crippen LogP contribution in [0.1, 0.15) is 127 Å². The Kier molecular flexibility index (Phi) is 15.0. The molecule has 7 heteroatoms. The number of nitrogens with one attached hydrogen (secondary N) is 1. The number of nitrogens with two attached hydrogens (primary N) is 1. The largest absolute Gasteiger partial charge is 0.369 e. The number of carbonyl (C=O) groups is 1. The average Bonchev–Trinajstić information content (AvgIpc) is 3.46. The van der Waals surface area contributed by atoms with Gasteiger partial charge >= 0.3 is 0 Å². The predicted molar refractivity (Wildman–Crippen MR) is 140 cm³/mol. The number of hydrogen-bond acceptors (Lipinski definition) is 5. The number of aromatic nitrogens is 5. The van der Waals surface area contributed by atoms with Gasteiger partial charge in [0.1, 0.15) is 5.78 Å². The van der Waals surface area contributed by atoms with Crippen LogP contribution in [0, 0.1) is 0 Å². The number of rotatable bonds is 22. The van der Waals surface area contributed by atoms with E-state index in [2.05, 4.69) is 27.2 Å². The second-order valence-electron chi connectivity index (χ2n) is 9.76. The van der Waals surface area contributed by atoms with Gasteiger partial charge in [-0.25, -0.2) is 4.98 Å². The number of nitrogen functional groups attached to an aromatic ring is 1. The summed E-state index contributed by atoms with van der Waals surface area (Å²) in [5.41, 5.74) is 7.73. The Hall–Kier alpha value is -2.18. The third kappa shape index (κ3) is 13.5. The third-order valence-electron chi connectivity index (χ3n) is 6.52. The molecule has 0 fully saturated rings. The highest BCUT2D eigenvalue weighted by Crippen LogP contribution is 2.13. The van der Waals surface area contributed by atoms with E-state index in [0.29, 0.717) is 18.2 Å².